The molecule has 64 valence electrons. The Bertz CT molecular complexity index is 117. The highest BCUT2D eigenvalue weighted by atomic mass is 15.3. The van der Waals surface area contributed by atoms with Gasteiger partial charge in [0, 0.05) is 6.54 Å². The van der Waals surface area contributed by atoms with Crippen LogP contribution in [0, 0.1) is 0 Å². The minimum Gasteiger partial charge on any atom is -0.298 e. The maximum atomic E-state index is 3.68. The lowest BCUT2D eigenvalue weighted by atomic mass is 10.4. The van der Waals surface area contributed by atoms with Gasteiger partial charge < -0.3 is 0 Å². The monoisotopic (exact) mass is 154 g/mol. The Hall–Kier alpha value is -0.340. The van der Waals surface area contributed by atoms with Gasteiger partial charge in [-0.05, 0) is 32.9 Å². The molecule has 1 atom stereocenters. The van der Waals surface area contributed by atoms with Crippen LogP contribution in [-0.4, -0.2) is 30.7 Å². The molecule has 1 saturated heterocycles. The van der Waals surface area contributed by atoms with E-state index in [1.165, 1.54) is 25.9 Å². The van der Waals surface area contributed by atoms with Crippen LogP contribution in [0.3, 0.4) is 0 Å². The largest absolute Gasteiger partial charge is 0.298 e. The van der Waals surface area contributed by atoms with Crippen molar-refractivity contribution < 1.29 is 0 Å². The van der Waals surface area contributed by atoms with Crippen LogP contribution in [0.15, 0.2) is 12.7 Å². The summed E-state index contributed by atoms with van der Waals surface area (Å²) in [5.41, 5.74) is 0. The molecule has 1 heterocycles. The first-order valence-corrected chi connectivity index (χ1v) is 4.43. The molecular weight excluding hydrogens is 136 g/mol. The average molecular weight is 154 g/mol. The Balaban J connectivity index is 2.16. The van der Waals surface area contributed by atoms with Crippen molar-refractivity contribution in [2.45, 2.75) is 25.9 Å². The van der Waals surface area contributed by atoms with Crippen molar-refractivity contribution in [2.24, 2.45) is 0 Å². The molecule has 0 aromatic heterocycles. The second-order valence-corrected chi connectivity index (χ2v) is 3.12. The van der Waals surface area contributed by atoms with Gasteiger partial charge in [0.05, 0.1) is 6.17 Å². The molecule has 1 aliphatic rings. The van der Waals surface area contributed by atoms with Crippen molar-refractivity contribution in [3.63, 3.8) is 0 Å². The summed E-state index contributed by atoms with van der Waals surface area (Å²) in [5, 5.41) is 3.38. The molecule has 0 spiro atoms. The van der Waals surface area contributed by atoms with E-state index >= 15 is 0 Å². The topological polar surface area (TPSA) is 15.3 Å². The van der Waals surface area contributed by atoms with Gasteiger partial charge in [0.25, 0.3) is 0 Å². The molecule has 0 amide bonds. The van der Waals surface area contributed by atoms with Crippen LogP contribution >= 0.6 is 0 Å². The van der Waals surface area contributed by atoms with E-state index in [-0.39, 0.29) is 0 Å². The summed E-state index contributed by atoms with van der Waals surface area (Å²) in [4.78, 5) is 2.48. The molecular formula is C9H18N2. The maximum Gasteiger partial charge on any atom is 0.0570 e. The molecule has 1 rings (SSSR count). The Labute approximate surface area is 69.3 Å². The first-order chi connectivity index (χ1) is 5.34. The van der Waals surface area contributed by atoms with Crippen molar-refractivity contribution in [1.82, 2.24) is 10.2 Å². The Kier molecular flexibility index (Phi) is 3.60. The van der Waals surface area contributed by atoms with Crippen molar-refractivity contribution in [3.8, 4) is 0 Å². The minimum absolute atomic E-state index is 0.524. The minimum atomic E-state index is 0.524. The predicted molar refractivity (Wildman–Crippen MR) is 48.5 cm³/mol. The lowest BCUT2D eigenvalue weighted by molar-refractivity contribution is 0.226. The summed E-state index contributed by atoms with van der Waals surface area (Å²) in [6.07, 6.45) is 5.16. The number of hydrogen-bond acceptors (Lipinski definition) is 2. The summed E-state index contributed by atoms with van der Waals surface area (Å²) in [5.74, 6) is 0. The molecule has 0 radical (unpaired) electrons. The summed E-state index contributed by atoms with van der Waals surface area (Å²) in [6, 6.07) is 0. The van der Waals surface area contributed by atoms with E-state index in [1.807, 2.05) is 6.08 Å². The number of nitrogens with one attached hydrogen (secondary N) is 1. The van der Waals surface area contributed by atoms with Crippen LogP contribution < -0.4 is 5.32 Å². The highest BCUT2D eigenvalue weighted by molar-refractivity contribution is 4.76. The lowest BCUT2D eigenvalue weighted by Crippen LogP contribution is -2.41. The molecule has 2 nitrogen and oxygen atoms in total. The van der Waals surface area contributed by atoms with Gasteiger partial charge in [0.2, 0.25) is 0 Å². The molecule has 0 aromatic carbocycles. The molecule has 1 unspecified atom stereocenters. The number of likely N-dealkylation sites (tertiary alicyclic amines) is 1. The first kappa shape index (κ1) is 8.75. The molecule has 0 aromatic rings. The van der Waals surface area contributed by atoms with E-state index in [9.17, 15) is 0 Å². The highest BCUT2D eigenvalue weighted by Crippen LogP contribution is 2.09. The SMILES string of the molecule is C=CCNC(C)N1CCCC1. The van der Waals surface area contributed by atoms with E-state index in [0.29, 0.717) is 6.17 Å². The summed E-state index contributed by atoms with van der Waals surface area (Å²) in [6.45, 7) is 9.32. The maximum absolute atomic E-state index is 3.68. The van der Waals surface area contributed by atoms with Crippen LogP contribution in [0.1, 0.15) is 19.8 Å². The molecule has 0 aliphatic carbocycles. The number of hydrogen-bond donors (Lipinski definition) is 1. The smallest absolute Gasteiger partial charge is 0.0570 e. The Morgan fingerprint density at radius 3 is 2.73 bits per heavy atom. The average Bonchev–Trinajstić information content (AvgIpc) is 2.52. The number of nitrogens with zero attached hydrogens (tertiary/aromatic N) is 1. The number of rotatable bonds is 4. The van der Waals surface area contributed by atoms with Gasteiger partial charge in [-0.3, -0.25) is 10.2 Å². The molecule has 11 heavy (non-hydrogen) atoms. The van der Waals surface area contributed by atoms with Crippen molar-refractivity contribution in [2.75, 3.05) is 19.6 Å². The van der Waals surface area contributed by atoms with Gasteiger partial charge in [-0.2, -0.15) is 0 Å². The Morgan fingerprint density at radius 2 is 2.18 bits per heavy atom. The summed E-state index contributed by atoms with van der Waals surface area (Å²) in [7, 11) is 0. The third kappa shape index (κ3) is 2.64. The van der Waals surface area contributed by atoms with E-state index in [4.69, 9.17) is 0 Å². The van der Waals surface area contributed by atoms with Gasteiger partial charge in [-0.25, -0.2) is 0 Å². The summed E-state index contributed by atoms with van der Waals surface area (Å²) >= 11 is 0. The lowest BCUT2D eigenvalue weighted by Gasteiger charge is -2.23. The molecule has 1 aliphatic heterocycles. The third-order valence-corrected chi connectivity index (χ3v) is 2.25. The van der Waals surface area contributed by atoms with Gasteiger partial charge in [-0.1, -0.05) is 6.08 Å². The molecule has 1 fully saturated rings. The third-order valence-electron chi connectivity index (χ3n) is 2.25. The second kappa shape index (κ2) is 4.52. The molecule has 0 saturated carbocycles. The van der Waals surface area contributed by atoms with Crippen LogP contribution in [-0.2, 0) is 0 Å². The van der Waals surface area contributed by atoms with Crippen LogP contribution in [0.4, 0.5) is 0 Å². The quantitative estimate of drug-likeness (QED) is 0.612. The molecule has 0 bridgehead atoms. The van der Waals surface area contributed by atoms with Crippen LogP contribution in [0.2, 0.25) is 0 Å². The van der Waals surface area contributed by atoms with Crippen molar-refractivity contribution in [1.29, 1.82) is 0 Å². The van der Waals surface area contributed by atoms with Crippen LogP contribution in [0.5, 0.6) is 0 Å². The van der Waals surface area contributed by atoms with E-state index < -0.39 is 0 Å². The zero-order chi connectivity index (χ0) is 8.10. The van der Waals surface area contributed by atoms with Crippen molar-refractivity contribution >= 4 is 0 Å². The highest BCUT2D eigenvalue weighted by Gasteiger charge is 2.16. The zero-order valence-corrected chi connectivity index (χ0v) is 7.34. The molecule has 2 heteroatoms. The summed E-state index contributed by atoms with van der Waals surface area (Å²) < 4.78 is 0. The van der Waals surface area contributed by atoms with Gasteiger partial charge in [0.15, 0.2) is 0 Å². The van der Waals surface area contributed by atoms with E-state index in [1.54, 1.807) is 0 Å². The fourth-order valence-corrected chi connectivity index (χ4v) is 1.51. The second-order valence-electron chi connectivity index (χ2n) is 3.12. The van der Waals surface area contributed by atoms with Crippen molar-refractivity contribution in [3.05, 3.63) is 12.7 Å². The normalized spacial score (nSPS) is 21.9. The fraction of sp³-hybridized carbons (Fsp3) is 0.778. The van der Waals surface area contributed by atoms with Crippen LogP contribution in [0.25, 0.3) is 0 Å². The van der Waals surface area contributed by atoms with Gasteiger partial charge in [-0.15, -0.1) is 6.58 Å². The van der Waals surface area contributed by atoms with Gasteiger partial charge in [0.1, 0.15) is 0 Å². The zero-order valence-electron chi connectivity index (χ0n) is 7.34. The van der Waals surface area contributed by atoms with E-state index in [2.05, 4.69) is 23.7 Å². The molecule has 1 N–H and O–H groups in total. The van der Waals surface area contributed by atoms with Gasteiger partial charge >= 0.3 is 0 Å². The standard InChI is InChI=1S/C9H18N2/c1-3-6-10-9(2)11-7-4-5-8-11/h3,9-10H,1,4-8H2,2H3. The first-order valence-electron chi connectivity index (χ1n) is 4.43. The predicted octanol–water partition coefficient (Wildman–Crippen LogP) is 1.20. The fourth-order valence-electron chi connectivity index (χ4n) is 1.51. The van der Waals surface area contributed by atoms with E-state index in [0.717, 1.165) is 6.54 Å². The Morgan fingerprint density at radius 1 is 1.55 bits per heavy atom.